The van der Waals surface area contributed by atoms with Crippen LogP contribution in [0.2, 0.25) is 0 Å². The van der Waals surface area contributed by atoms with Crippen LogP contribution in [0, 0.1) is 0 Å². The summed E-state index contributed by atoms with van der Waals surface area (Å²) in [6.07, 6.45) is 0. The Morgan fingerprint density at radius 2 is 2.12 bits per heavy atom. The van der Waals surface area contributed by atoms with Crippen molar-refractivity contribution in [1.82, 2.24) is 5.32 Å². The first-order chi connectivity index (χ1) is 7.81. The van der Waals surface area contributed by atoms with Crippen LogP contribution in [0.15, 0.2) is 29.3 Å². The number of nitrogens with zero attached hydrogens (tertiary/aromatic N) is 2. The van der Waals surface area contributed by atoms with Crippen LogP contribution in [0.3, 0.4) is 0 Å². The molecule has 0 fully saturated rings. The van der Waals surface area contributed by atoms with Gasteiger partial charge in [0.1, 0.15) is 5.84 Å². The molecule has 86 valence electrons. The third kappa shape index (κ3) is 2.33. The van der Waals surface area contributed by atoms with E-state index in [-0.39, 0.29) is 6.61 Å². The number of likely N-dealkylation sites (N-methyl/N-ethyl adjacent to an activating group) is 1. The number of hydrogen-bond acceptors (Lipinski definition) is 4. The van der Waals surface area contributed by atoms with Gasteiger partial charge in [-0.25, -0.2) is 0 Å². The zero-order valence-corrected chi connectivity index (χ0v) is 9.48. The van der Waals surface area contributed by atoms with Gasteiger partial charge in [0.25, 0.3) is 0 Å². The van der Waals surface area contributed by atoms with E-state index in [1.54, 1.807) is 0 Å². The second kappa shape index (κ2) is 4.99. The summed E-state index contributed by atoms with van der Waals surface area (Å²) in [5, 5.41) is 12.1. The summed E-state index contributed by atoms with van der Waals surface area (Å²) >= 11 is 0. The number of aliphatic hydroxyl groups excluding tert-OH is 1. The van der Waals surface area contributed by atoms with E-state index in [1.165, 1.54) is 0 Å². The van der Waals surface area contributed by atoms with Crippen LogP contribution in [0.4, 0.5) is 5.69 Å². The minimum atomic E-state index is 0.173. The minimum Gasteiger partial charge on any atom is -0.395 e. The minimum absolute atomic E-state index is 0.173. The van der Waals surface area contributed by atoms with Gasteiger partial charge >= 0.3 is 0 Å². The molecule has 1 aromatic carbocycles. The van der Waals surface area contributed by atoms with Gasteiger partial charge in [-0.2, -0.15) is 0 Å². The molecule has 1 aromatic rings. The van der Waals surface area contributed by atoms with Gasteiger partial charge in [-0.15, -0.1) is 0 Å². The molecule has 0 bridgehead atoms. The fourth-order valence-electron chi connectivity index (χ4n) is 1.74. The van der Waals surface area contributed by atoms with Crippen LogP contribution in [-0.2, 0) is 0 Å². The molecule has 0 aromatic heterocycles. The van der Waals surface area contributed by atoms with Gasteiger partial charge in [-0.05, 0) is 24.3 Å². The molecule has 0 saturated heterocycles. The summed E-state index contributed by atoms with van der Waals surface area (Å²) in [6, 6.07) is 8.21. The van der Waals surface area contributed by atoms with E-state index in [1.807, 2.05) is 24.1 Å². The second-order valence-electron chi connectivity index (χ2n) is 3.85. The number of nitrogens with one attached hydrogen (secondary N) is 1. The Hall–Kier alpha value is -1.55. The topological polar surface area (TPSA) is 47.9 Å². The summed E-state index contributed by atoms with van der Waals surface area (Å²) in [5.74, 6) is 0.983. The number of amidine groups is 1. The molecule has 0 saturated carbocycles. The van der Waals surface area contributed by atoms with Crippen LogP contribution in [-0.4, -0.2) is 44.2 Å². The molecule has 0 amide bonds. The number of benzene rings is 1. The zero-order valence-electron chi connectivity index (χ0n) is 9.48. The molecular weight excluding hydrogens is 202 g/mol. The predicted molar refractivity (Wildman–Crippen MR) is 66.2 cm³/mol. The van der Waals surface area contributed by atoms with Gasteiger partial charge < -0.3 is 15.3 Å². The van der Waals surface area contributed by atoms with Crippen LogP contribution >= 0.6 is 0 Å². The average molecular weight is 219 g/mol. The van der Waals surface area contributed by atoms with Crippen molar-refractivity contribution in [2.24, 2.45) is 4.99 Å². The molecule has 1 aliphatic heterocycles. The largest absolute Gasteiger partial charge is 0.395 e. The Morgan fingerprint density at radius 1 is 1.38 bits per heavy atom. The van der Waals surface area contributed by atoms with Crippen molar-refractivity contribution in [3.05, 3.63) is 29.8 Å². The number of rotatable bonds is 4. The van der Waals surface area contributed by atoms with Crippen molar-refractivity contribution in [3.8, 4) is 0 Å². The van der Waals surface area contributed by atoms with Crippen molar-refractivity contribution < 1.29 is 5.11 Å². The number of aliphatic hydroxyl groups is 1. The van der Waals surface area contributed by atoms with E-state index in [0.717, 1.165) is 30.2 Å². The summed E-state index contributed by atoms with van der Waals surface area (Å²) in [6.45, 7) is 2.62. The SMILES string of the molecule is CN(CCO)c1ccc(C2=NCCN2)cc1. The van der Waals surface area contributed by atoms with Gasteiger partial charge in [0, 0.05) is 31.4 Å². The summed E-state index contributed by atoms with van der Waals surface area (Å²) in [5.41, 5.74) is 2.23. The highest BCUT2D eigenvalue weighted by Crippen LogP contribution is 2.14. The molecule has 1 aliphatic rings. The first-order valence-corrected chi connectivity index (χ1v) is 5.52. The van der Waals surface area contributed by atoms with Crippen molar-refractivity contribution in [3.63, 3.8) is 0 Å². The van der Waals surface area contributed by atoms with Crippen molar-refractivity contribution in [1.29, 1.82) is 0 Å². The molecule has 0 atom stereocenters. The maximum Gasteiger partial charge on any atom is 0.128 e. The van der Waals surface area contributed by atoms with Crippen LogP contribution in [0.25, 0.3) is 0 Å². The molecule has 1 heterocycles. The smallest absolute Gasteiger partial charge is 0.128 e. The number of hydrogen-bond donors (Lipinski definition) is 2. The highest BCUT2D eigenvalue weighted by molar-refractivity contribution is 5.99. The maximum atomic E-state index is 8.85. The quantitative estimate of drug-likeness (QED) is 0.773. The molecule has 16 heavy (non-hydrogen) atoms. The van der Waals surface area contributed by atoms with Gasteiger partial charge in [0.05, 0.1) is 13.2 Å². The molecule has 0 unspecified atom stereocenters. The van der Waals surface area contributed by atoms with Gasteiger partial charge in [0.2, 0.25) is 0 Å². The summed E-state index contributed by atoms with van der Waals surface area (Å²) in [4.78, 5) is 6.39. The predicted octanol–water partition coefficient (Wildman–Crippen LogP) is 0.465. The lowest BCUT2D eigenvalue weighted by atomic mass is 10.2. The average Bonchev–Trinajstić information content (AvgIpc) is 2.83. The molecule has 2 N–H and O–H groups in total. The van der Waals surface area contributed by atoms with Crippen LogP contribution in [0.1, 0.15) is 5.56 Å². The highest BCUT2D eigenvalue weighted by atomic mass is 16.3. The standard InChI is InChI=1S/C12H17N3O/c1-15(8-9-16)11-4-2-10(3-5-11)12-13-6-7-14-12/h2-5,16H,6-9H2,1H3,(H,13,14). The molecule has 0 radical (unpaired) electrons. The molecule has 4 nitrogen and oxygen atoms in total. The Bertz CT molecular complexity index is 372. The lowest BCUT2D eigenvalue weighted by molar-refractivity contribution is 0.304. The lowest BCUT2D eigenvalue weighted by Crippen LogP contribution is -2.22. The monoisotopic (exact) mass is 219 g/mol. The van der Waals surface area contributed by atoms with E-state index >= 15 is 0 Å². The van der Waals surface area contributed by atoms with Crippen molar-refractivity contribution >= 4 is 11.5 Å². The summed E-state index contributed by atoms with van der Waals surface area (Å²) < 4.78 is 0. The Balaban J connectivity index is 2.09. The zero-order chi connectivity index (χ0) is 11.4. The normalized spacial score (nSPS) is 14.5. The van der Waals surface area contributed by atoms with Crippen molar-refractivity contribution in [2.75, 3.05) is 38.2 Å². The van der Waals surface area contributed by atoms with E-state index in [0.29, 0.717) is 6.54 Å². The summed E-state index contributed by atoms with van der Waals surface area (Å²) in [7, 11) is 1.97. The molecule has 0 spiro atoms. The Morgan fingerprint density at radius 3 is 2.69 bits per heavy atom. The van der Waals surface area contributed by atoms with Crippen LogP contribution < -0.4 is 10.2 Å². The number of aliphatic imine (C=N–C) groups is 1. The fraction of sp³-hybridized carbons (Fsp3) is 0.417. The maximum absolute atomic E-state index is 8.85. The van der Waals surface area contributed by atoms with Gasteiger partial charge in [-0.1, -0.05) is 0 Å². The third-order valence-corrected chi connectivity index (χ3v) is 2.69. The van der Waals surface area contributed by atoms with Crippen molar-refractivity contribution in [2.45, 2.75) is 0 Å². The highest BCUT2D eigenvalue weighted by Gasteiger charge is 2.07. The Labute approximate surface area is 95.6 Å². The van der Waals surface area contributed by atoms with E-state index < -0.39 is 0 Å². The fourth-order valence-corrected chi connectivity index (χ4v) is 1.74. The molecule has 0 aliphatic carbocycles. The first-order valence-electron chi connectivity index (χ1n) is 5.52. The molecule has 4 heteroatoms. The van der Waals surface area contributed by atoms with Crippen LogP contribution in [0.5, 0.6) is 0 Å². The lowest BCUT2D eigenvalue weighted by Gasteiger charge is -2.18. The Kier molecular flexibility index (Phi) is 3.41. The third-order valence-electron chi connectivity index (χ3n) is 2.69. The van der Waals surface area contributed by atoms with Gasteiger partial charge in [-0.3, -0.25) is 4.99 Å². The molecule has 2 rings (SSSR count). The van der Waals surface area contributed by atoms with E-state index in [9.17, 15) is 0 Å². The van der Waals surface area contributed by atoms with Gasteiger partial charge in [0.15, 0.2) is 0 Å². The van der Waals surface area contributed by atoms with E-state index in [2.05, 4.69) is 22.4 Å². The second-order valence-corrected chi connectivity index (χ2v) is 3.85. The number of anilines is 1. The van der Waals surface area contributed by atoms with E-state index in [4.69, 9.17) is 5.11 Å². The molecular formula is C12H17N3O. The first kappa shape index (κ1) is 11.0.